The predicted molar refractivity (Wildman–Crippen MR) is 135 cm³/mol. The number of aromatic nitrogens is 1. The summed E-state index contributed by atoms with van der Waals surface area (Å²) in [6.45, 7) is 5.01. The van der Waals surface area contributed by atoms with Gasteiger partial charge in [-0.05, 0) is 53.3 Å². The lowest BCUT2D eigenvalue weighted by atomic mass is 9.94. The van der Waals surface area contributed by atoms with Gasteiger partial charge in [0.1, 0.15) is 0 Å². The van der Waals surface area contributed by atoms with Crippen LogP contribution in [0.1, 0.15) is 44.3 Å². The first-order valence-corrected chi connectivity index (χ1v) is 12.1. The van der Waals surface area contributed by atoms with E-state index in [0.717, 1.165) is 51.1 Å². The van der Waals surface area contributed by atoms with Crippen molar-refractivity contribution in [2.75, 3.05) is 39.8 Å². The summed E-state index contributed by atoms with van der Waals surface area (Å²) < 4.78 is 4.82. The molecular weight excluding hydrogens is 422 g/mol. The fraction of sp³-hybridized carbons (Fsp3) is 0.310. The number of benzene rings is 2. The first-order valence-electron chi connectivity index (χ1n) is 12.1. The van der Waals surface area contributed by atoms with Crippen molar-refractivity contribution in [3.63, 3.8) is 0 Å². The number of hydrogen-bond acceptors (Lipinski definition) is 5. The molecule has 34 heavy (non-hydrogen) atoms. The average molecular weight is 454 g/mol. The molecule has 2 aromatic carbocycles. The second-order valence-corrected chi connectivity index (χ2v) is 9.00. The van der Waals surface area contributed by atoms with Gasteiger partial charge < -0.3 is 4.74 Å². The Morgan fingerprint density at radius 3 is 2.68 bits per heavy atom. The Bertz CT molecular complexity index is 1130. The molecule has 1 aliphatic heterocycles. The van der Waals surface area contributed by atoms with Crippen LogP contribution in [0.4, 0.5) is 0 Å². The van der Waals surface area contributed by atoms with Crippen LogP contribution in [0.25, 0.3) is 6.08 Å². The van der Waals surface area contributed by atoms with Crippen molar-refractivity contribution in [3.8, 4) is 0 Å². The molecule has 1 fully saturated rings. The highest BCUT2D eigenvalue weighted by Crippen LogP contribution is 2.36. The topological polar surface area (TPSA) is 45.7 Å². The van der Waals surface area contributed by atoms with Gasteiger partial charge in [-0.1, -0.05) is 54.6 Å². The van der Waals surface area contributed by atoms with E-state index in [1.54, 1.807) is 6.07 Å². The van der Waals surface area contributed by atoms with E-state index in [9.17, 15) is 4.79 Å². The molecule has 0 spiro atoms. The first-order chi connectivity index (χ1) is 16.7. The molecule has 0 radical (unpaired) electrons. The summed E-state index contributed by atoms with van der Waals surface area (Å²) >= 11 is 0. The monoisotopic (exact) mass is 453 g/mol. The maximum absolute atomic E-state index is 11.8. The van der Waals surface area contributed by atoms with Crippen molar-refractivity contribution >= 4 is 12.0 Å². The standard InChI is InChI=1S/C29H31N3O2/c1-34-29(33)24-10-4-7-22(21-24)8-6-16-31-17-19-32(20-18-31)28-25-11-3-2-9-23(25)13-14-27-26(28)12-5-15-30-27/h2-12,15,21,28H,13-14,16-20H2,1H3. The van der Waals surface area contributed by atoms with Crippen LogP contribution in [0.2, 0.25) is 0 Å². The minimum atomic E-state index is -0.303. The molecule has 5 nitrogen and oxygen atoms in total. The van der Waals surface area contributed by atoms with E-state index in [1.165, 1.54) is 29.5 Å². The van der Waals surface area contributed by atoms with Gasteiger partial charge in [-0.3, -0.25) is 14.8 Å². The zero-order valence-corrected chi connectivity index (χ0v) is 19.7. The lowest BCUT2D eigenvalue weighted by Gasteiger charge is -2.40. The zero-order chi connectivity index (χ0) is 23.3. The average Bonchev–Trinajstić information content (AvgIpc) is 3.06. The largest absolute Gasteiger partial charge is 0.465 e. The van der Waals surface area contributed by atoms with Gasteiger partial charge in [-0.15, -0.1) is 0 Å². The third-order valence-corrected chi connectivity index (χ3v) is 6.95. The number of carbonyl (C=O) groups is 1. The van der Waals surface area contributed by atoms with Crippen LogP contribution in [-0.2, 0) is 17.6 Å². The van der Waals surface area contributed by atoms with Crippen LogP contribution in [0.5, 0.6) is 0 Å². The molecule has 174 valence electrons. The number of piperazine rings is 1. The van der Waals surface area contributed by atoms with Crippen LogP contribution in [0, 0.1) is 0 Å². The van der Waals surface area contributed by atoms with Crippen molar-refractivity contribution in [1.29, 1.82) is 0 Å². The van der Waals surface area contributed by atoms with Crippen LogP contribution < -0.4 is 0 Å². The number of ether oxygens (including phenoxy) is 1. The Morgan fingerprint density at radius 1 is 1.00 bits per heavy atom. The van der Waals surface area contributed by atoms with E-state index < -0.39 is 0 Å². The summed E-state index contributed by atoms with van der Waals surface area (Å²) in [6, 6.07) is 21.1. The Balaban J connectivity index is 1.26. The second kappa shape index (κ2) is 10.3. The molecule has 0 N–H and O–H groups in total. The summed E-state index contributed by atoms with van der Waals surface area (Å²) in [6.07, 6.45) is 8.26. The molecule has 3 aromatic rings. The van der Waals surface area contributed by atoms with Gasteiger partial charge in [-0.2, -0.15) is 0 Å². The molecule has 2 heterocycles. The minimum absolute atomic E-state index is 0.279. The third kappa shape index (κ3) is 4.81. The number of nitrogens with zero attached hydrogens (tertiary/aromatic N) is 3. The molecule has 0 bridgehead atoms. The van der Waals surface area contributed by atoms with Crippen molar-refractivity contribution in [2.24, 2.45) is 0 Å². The Labute approximate surface area is 201 Å². The number of fused-ring (bicyclic) bond motifs is 2. The minimum Gasteiger partial charge on any atom is -0.465 e. The lowest BCUT2D eigenvalue weighted by molar-refractivity contribution is 0.0600. The summed E-state index contributed by atoms with van der Waals surface area (Å²) in [5.74, 6) is -0.303. The number of esters is 1. The number of rotatable bonds is 5. The molecular formula is C29H31N3O2. The van der Waals surface area contributed by atoms with Crippen molar-refractivity contribution in [3.05, 3.63) is 106 Å². The second-order valence-electron chi connectivity index (χ2n) is 9.00. The molecule has 0 amide bonds. The highest BCUT2D eigenvalue weighted by Gasteiger charge is 2.31. The molecule has 1 aromatic heterocycles. The van der Waals surface area contributed by atoms with Gasteiger partial charge >= 0.3 is 5.97 Å². The molecule has 1 atom stereocenters. The highest BCUT2D eigenvalue weighted by atomic mass is 16.5. The van der Waals surface area contributed by atoms with E-state index >= 15 is 0 Å². The summed E-state index contributed by atoms with van der Waals surface area (Å²) in [5.41, 5.74) is 7.09. The van der Waals surface area contributed by atoms with Crippen molar-refractivity contribution in [2.45, 2.75) is 18.9 Å². The normalized spacial score (nSPS) is 18.8. The number of carbonyl (C=O) groups excluding carboxylic acids is 1. The third-order valence-electron chi connectivity index (χ3n) is 6.95. The van der Waals surface area contributed by atoms with E-state index in [2.05, 4.69) is 58.4 Å². The number of hydrogen-bond donors (Lipinski definition) is 0. The van der Waals surface area contributed by atoms with E-state index in [4.69, 9.17) is 9.72 Å². The Morgan fingerprint density at radius 2 is 1.82 bits per heavy atom. The van der Waals surface area contributed by atoms with E-state index in [1.807, 2.05) is 24.4 Å². The Kier molecular flexibility index (Phi) is 6.84. The van der Waals surface area contributed by atoms with E-state index in [-0.39, 0.29) is 12.0 Å². The molecule has 1 unspecified atom stereocenters. The summed E-state index contributed by atoms with van der Waals surface area (Å²) in [4.78, 5) is 21.6. The maximum atomic E-state index is 11.8. The van der Waals surface area contributed by atoms with E-state index in [0.29, 0.717) is 5.56 Å². The van der Waals surface area contributed by atoms with Gasteiger partial charge in [0.25, 0.3) is 0 Å². The van der Waals surface area contributed by atoms with Crippen LogP contribution in [-0.4, -0.2) is 60.6 Å². The highest BCUT2D eigenvalue weighted by molar-refractivity contribution is 5.90. The van der Waals surface area contributed by atoms with Crippen molar-refractivity contribution in [1.82, 2.24) is 14.8 Å². The fourth-order valence-corrected chi connectivity index (χ4v) is 5.18. The predicted octanol–water partition coefficient (Wildman–Crippen LogP) is 4.39. The molecule has 1 saturated heterocycles. The van der Waals surface area contributed by atoms with Crippen LogP contribution in [0.15, 0.2) is 72.9 Å². The number of aryl methyl sites for hydroxylation is 2. The molecule has 5 rings (SSSR count). The molecule has 1 aliphatic carbocycles. The quantitative estimate of drug-likeness (QED) is 0.537. The lowest BCUT2D eigenvalue weighted by Crippen LogP contribution is -2.47. The fourth-order valence-electron chi connectivity index (χ4n) is 5.18. The maximum Gasteiger partial charge on any atom is 0.337 e. The van der Waals surface area contributed by atoms with Gasteiger partial charge in [0.05, 0.1) is 18.7 Å². The molecule has 0 saturated carbocycles. The van der Waals surface area contributed by atoms with Crippen LogP contribution in [0.3, 0.4) is 0 Å². The first kappa shape index (κ1) is 22.5. The van der Waals surface area contributed by atoms with Gasteiger partial charge in [-0.25, -0.2) is 4.79 Å². The number of methoxy groups -OCH3 is 1. The van der Waals surface area contributed by atoms with Gasteiger partial charge in [0.15, 0.2) is 0 Å². The number of pyridine rings is 1. The SMILES string of the molecule is COC(=O)c1cccc(C=CCN2CCN(C3c4ccccc4CCc4ncccc43)CC2)c1. The van der Waals surface area contributed by atoms with Gasteiger partial charge in [0.2, 0.25) is 0 Å². The zero-order valence-electron chi connectivity index (χ0n) is 19.7. The van der Waals surface area contributed by atoms with Crippen molar-refractivity contribution < 1.29 is 9.53 Å². The molecule has 2 aliphatic rings. The summed E-state index contributed by atoms with van der Waals surface area (Å²) in [7, 11) is 1.41. The molecule has 5 heteroatoms. The smallest absolute Gasteiger partial charge is 0.337 e. The summed E-state index contributed by atoms with van der Waals surface area (Å²) in [5, 5.41) is 0. The van der Waals surface area contributed by atoms with Gasteiger partial charge in [0, 0.05) is 44.6 Å². The van der Waals surface area contributed by atoms with Crippen LogP contribution >= 0.6 is 0 Å². The Hall–Kier alpha value is -3.28.